The van der Waals surface area contributed by atoms with Gasteiger partial charge in [0.2, 0.25) is 0 Å². The Balaban J connectivity index is 1.41. The SMILES string of the molecule is O=C(O)N[C@@H]1CCN[C@@H]1COC1CCC(c2ccccc2)CC1. The van der Waals surface area contributed by atoms with Crippen LogP contribution in [-0.2, 0) is 4.74 Å². The van der Waals surface area contributed by atoms with Crippen molar-refractivity contribution in [2.45, 2.75) is 56.2 Å². The molecule has 2 fully saturated rings. The first-order valence-corrected chi connectivity index (χ1v) is 8.62. The molecule has 2 aliphatic rings. The van der Waals surface area contributed by atoms with Gasteiger partial charge in [-0.15, -0.1) is 0 Å². The highest BCUT2D eigenvalue weighted by Crippen LogP contribution is 2.33. The molecule has 0 unspecified atom stereocenters. The van der Waals surface area contributed by atoms with Crippen LogP contribution in [0.25, 0.3) is 0 Å². The van der Waals surface area contributed by atoms with Gasteiger partial charge in [-0.05, 0) is 50.1 Å². The predicted molar refractivity (Wildman–Crippen MR) is 88.7 cm³/mol. The third-order valence-electron chi connectivity index (χ3n) is 5.11. The van der Waals surface area contributed by atoms with Crippen molar-refractivity contribution in [1.29, 1.82) is 0 Å². The third kappa shape index (κ3) is 4.45. The standard InChI is InChI=1S/C18H26N2O3/c21-18(22)20-16-10-11-19-17(16)12-23-15-8-6-14(7-9-15)13-4-2-1-3-5-13/h1-5,14-17,19-20H,6-12H2,(H,21,22)/t14?,15?,16-,17-/m1/s1. The van der Waals surface area contributed by atoms with Gasteiger partial charge in [0.1, 0.15) is 0 Å². The van der Waals surface area contributed by atoms with Crippen molar-refractivity contribution < 1.29 is 14.6 Å². The quantitative estimate of drug-likeness (QED) is 0.781. The highest BCUT2D eigenvalue weighted by atomic mass is 16.5. The van der Waals surface area contributed by atoms with Crippen molar-refractivity contribution in [2.24, 2.45) is 0 Å². The highest BCUT2D eigenvalue weighted by molar-refractivity contribution is 5.65. The number of hydrogen-bond acceptors (Lipinski definition) is 3. The molecular formula is C18H26N2O3. The first-order valence-electron chi connectivity index (χ1n) is 8.62. The van der Waals surface area contributed by atoms with Crippen LogP contribution < -0.4 is 10.6 Å². The summed E-state index contributed by atoms with van der Waals surface area (Å²) in [6.07, 6.45) is 4.70. The maximum atomic E-state index is 10.8. The fourth-order valence-electron chi connectivity index (χ4n) is 3.80. The minimum atomic E-state index is -0.952. The molecule has 0 aromatic heterocycles. The van der Waals surface area contributed by atoms with Crippen LogP contribution in [-0.4, -0.2) is 42.5 Å². The average Bonchev–Trinajstić information content (AvgIpc) is 3.00. The first kappa shape index (κ1) is 16.3. The molecule has 1 aliphatic heterocycles. The molecule has 1 aromatic rings. The van der Waals surface area contributed by atoms with Crippen LogP contribution in [0.5, 0.6) is 0 Å². The Kier molecular flexibility index (Phi) is 5.51. The summed E-state index contributed by atoms with van der Waals surface area (Å²) in [5.41, 5.74) is 1.44. The monoisotopic (exact) mass is 318 g/mol. The van der Waals surface area contributed by atoms with Crippen LogP contribution in [0, 0.1) is 0 Å². The number of nitrogens with one attached hydrogen (secondary N) is 2. The summed E-state index contributed by atoms with van der Waals surface area (Å²) < 4.78 is 6.07. The summed E-state index contributed by atoms with van der Waals surface area (Å²) in [6.45, 7) is 1.44. The van der Waals surface area contributed by atoms with Crippen molar-refractivity contribution in [3.63, 3.8) is 0 Å². The summed E-state index contributed by atoms with van der Waals surface area (Å²) in [5.74, 6) is 0.655. The predicted octanol–water partition coefficient (Wildman–Crippen LogP) is 2.73. The van der Waals surface area contributed by atoms with Gasteiger partial charge in [-0.3, -0.25) is 0 Å². The Morgan fingerprint density at radius 1 is 1.17 bits per heavy atom. The smallest absolute Gasteiger partial charge is 0.404 e. The van der Waals surface area contributed by atoms with Crippen LogP contribution >= 0.6 is 0 Å². The molecule has 1 saturated heterocycles. The topological polar surface area (TPSA) is 70.6 Å². The van der Waals surface area contributed by atoms with E-state index in [-0.39, 0.29) is 12.1 Å². The molecule has 1 heterocycles. The van der Waals surface area contributed by atoms with E-state index in [9.17, 15) is 4.79 Å². The van der Waals surface area contributed by atoms with Crippen molar-refractivity contribution in [3.8, 4) is 0 Å². The Bertz CT molecular complexity index is 500. The van der Waals surface area contributed by atoms with Gasteiger partial charge in [0.25, 0.3) is 0 Å². The molecular weight excluding hydrogens is 292 g/mol. The third-order valence-corrected chi connectivity index (χ3v) is 5.11. The summed E-state index contributed by atoms with van der Waals surface area (Å²) in [7, 11) is 0. The van der Waals surface area contributed by atoms with Gasteiger partial charge in [-0.25, -0.2) is 4.79 Å². The largest absolute Gasteiger partial charge is 0.465 e. The van der Waals surface area contributed by atoms with E-state index in [1.54, 1.807) is 0 Å². The number of ether oxygens (including phenoxy) is 1. The van der Waals surface area contributed by atoms with E-state index >= 15 is 0 Å². The molecule has 0 bridgehead atoms. The molecule has 1 saturated carbocycles. The van der Waals surface area contributed by atoms with Crippen molar-refractivity contribution in [1.82, 2.24) is 10.6 Å². The van der Waals surface area contributed by atoms with Crippen molar-refractivity contribution in [2.75, 3.05) is 13.2 Å². The average molecular weight is 318 g/mol. The summed E-state index contributed by atoms with van der Waals surface area (Å²) in [5, 5.41) is 14.8. The lowest BCUT2D eigenvalue weighted by Gasteiger charge is -2.30. The molecule has 2 atom stereocenters. The maximum absolute atomic E-state index is 10.8. The molecule has 1 aromatic carbocycles. The van der Waals surface area contributed by atoms with Crippen LogP contribution in [0.15, 0.2) is 30.3 Å². The molecule has 1 amide bonds. The first-order chi connectivity index (χ1) is 11.2. The van der Waals surface area contributed by atoms with Gasteiger partial charge in [0.05, 0.1) is 24.8 Å². The number of carbonyl (C=O) groups is 1. The lowest BCUT2D eigenvalue weighted by molar-refractivity contribution is 0.0119. The minimum Gasteiger partial charge on any atom is -0.465 e. The number of benzene rings is 1. The maximum Gasteiger partial charge on any atom is 0.404 e. The van der Waals surface area contributed by atoms with E-state index in [0.717, 1.165) is 25.8 Å². The number of amides is 1. The number of rotatable bonds is 5. The van der Waals surface area contributed by atoms with Gasteiger partial charge in [0.15, 0.2) is 0 Å². The minimum absolute atomic E-state index is 0.0341. The molecule has 3 N–H and O–H groups in total. The molecule has 5 nitrogen and oxygen atoms in total. The van der Waals surface area contributed by atoms with E-state index in [2.05, 4.69) is 41.0 Å². The van der Waals surface area contributed by atoms with E-state index in [0.29, 0.717) is 18.6 Å². The zero-order chi connectivity index (χ0) is 16.1. The fraction of sp³-hybridized carbons (Fsp3) is 0.611. The number of hydrogen-bond donors (Lipinski definition) is 3. The van der Waals surface area contributed by atoms with Crippen LogP contribution in [0.1, 0.15) is 43.6 Å². The van der Waals surface area contributed by atoms with E-state index in [4.69, 9.17) is 9.84 Å². The van der Waals surface area contributed by atoms with Gasteiger partial charge >= 0.3 is 6.09 Å². The lowest BCUT2D eigenvalue weighted by Crippen LogP contribution is -2.46. The van der Waals surface area contributed by atoms with Gasteiger partial charge in [-0.1, -0.05) is 30.3 Å². The van der Waals surface area contributed by atoms with E-state index < -0.39 is 6.09 Å². The summed E-state index contributed by atoms with van der Waals surface area (Å²) in [4.78, 5) is 10.8. The summed E-state index contributed by atoms with van der Waals surface area (Å²) >= 11 is 0. The van der Waals surface area contributed by atoms with Crippen molar-refractivity contribution in [3.05, 3.63) is 35.9 Å². The second-order valence-electron chi connectivity index (χ2n) is 6.62. The molecule has 0 radical (unpaired) electrons. The summed E-state index contributed by atoms with van der Waals surface area (Å²) in [6, 6.07) is 10.8. The normalized spacial score (nSPS) is 31.0. The van der Waals surface area contributed by atoms with Crippen molar-refractivity contribution >= 4 is 6.09 Å². The Labute approximate surface area is 137 Å². The second-order valence-corrected chi connectivity index (χ2v) is 6.62. The Hall–Kier alpha value is -1.59. The van der Waals surface area contributed by atoms with Crippen LogP contribution in [0.3, 0.4) is 0 Å². The molecule has 0 spiro atoms. The lowest BCUT2D eigenvalue weighted by atomic mass is 9.83. The fourth-order valence-corrected chi connectivity index (χ4v) is 3.80. The van der Waals surface area contributed by atoms with Crippen LogP contribution in [0.4, 0.5) is 4.79 Å². The highest BCUT2D eigenvalue weighted by Gasteiger charge is 2.30. The Morgan fingerprint density at radius 3 is 2.61 bits per heavy atom. The molecule has 23 heavy (non-hydrogen) atoms. The molecule has 5 heteroatoms. The zero-order valence-corrected chi connectivity index (χ0v) is 13.4. The second kappa shape index (κ2) is 7.79. The van der Waals surface area contributed by atoms with Gasteiger partial charge in [-0.2, -0.15) is 0 Å². The van der Waals surface area contributed by atoms with E-state index in [1.807, 2.05) is 0 Å². The molecule has 3 rings (SSSR count). The van der Waals surface area contributed by atoms with Gasteiger partial charge < -0.3 is 20.5 Å². The van der Waals surface area contributed by atoms with Crippen LogP contribution in [0.2, 0.25) is 0 Å². The van der Waals surface area contributed by atoms with Gasteiger partial charge in [0, 0.05) is 0 Å². The van der Waals surface area contributed by atoms with E-state index in [1.165, 1.54) is 18.4 Å². The molecule has 126 valence electrons. The number of carboxylic acid groups (broad SMARTS) is 1. The Morgan fingerprint density at radius 2 is 1.91 bits per heavy atom. The molecule has 1 aliphatic carbocycles. The zero-order valence-electron chi connectivity index (χ0n) is 13.4.